The topological polar surface area (TPSA) is 0 Å². The van der Waals surface area contributed by atoms with Gasteiger partial charge in [-0.15, -0.1) is 6.08 Å². The zero-order valence-corrected chi connectivity index (χ0v) is 5.62. The largest absolute Gasteiger partial charge is 0.293 e. The van der Waals surface area contributed by atoms with Crippen molar-refractivity contribution in [3.8, 4) is 0 Å². The van der Waals surface area contributed by atoms with Gasteiger partial charge in [0.25, 0.3) is 0 Å². The van der Waals surface area contributed by atoms with E-state index in [1.807, 2.05) is 37.3 Å². The molecule has 0 aromatic heterocycles. The number of hydrogen-bond donors (Lipinski definition) is 0. The molecule has 0 amide bonds. The molecule has 0 atom stereocenters. The minimum absolute atomic E-state index is 1.50. The fraction of sp³-hybridized carbons (Fsp3) is 0.111. The summed E-state index contributed by atoms with van der Waals surface area (Å²) in [6.07, 6.45) is 12.9. The van der Waals surface area contributed by atoms with E-state index in [9.17, 15) is 0 Å². The number of hydrogen-bond acceptors (Lipinski definition) is 0. The quantitative estimate of drug-likeness (QED) is 0.396. The summed E-state index contributed by atoms with van der Waals surface area (Å²) < 4.78 is 0. The monoisotopic (exact) mass is 119 g/mol. The van der Waals surface area contributed by atoms with Gasteiger partial charge in [0, 0.05) is 0 Å². The van der Waals surface area contributed by atoms with Gasteiger partial charge in [0.2, 0.25) is 0 Å². The molecule has 0 nitrogen and oxygen atoms in total. The molecule has 0 radical (unpaired) electrons. The minimum Gasteiger partial charge on any atom is -0.293 e. The molecule has 0 N–H and O–H groups in total. The highest BCUT2D eigenvalue weighted by molar-refractivity contribution is 5.13. The Kier molecular flexibility index (Phi) is 6.16. The molecule has 0 saturated carbocycles. The highest BCUT2D eigenvalue weighted by Gasteiger charge is 1.53. The van der Waals surface area contributed by atoms with E-state index in [0.29, 0.717) is 0 Å². The highest BCUT2D eigenvalue weighted by Crippen LogP contribution is 1.79. The fourth-order valence-electron chi connectivity index (χ4n) is 0.368. The maximum absolute atomic E-state index is 5.08. The third kappa shape index (κ3) is 6.96. The van der Waals surface area contributed by atoms with Crippen LogP contribution in [0.5, 0.6) is 0 Å². The second-order valence-corrected chi connectivity index (χ2v) is 1.49. The van der Waals surface area contributed by atoms with Crippen molar-refractivity contribution in [3.63, 3.8) is 0 Å². The summed E-state index contributed by atoms with van der Waals surface area (Å²) in [5, 5.41) is 0. The molecule has 48 valence electrons. The van der Waals surface area contributed by atoms with Gasteiger partial charge in [0.05, 0.1) is 0 Å². The van der Waals surface area contributed by atoms with E-state index < -0.39 is 0 Å². The van der Waals surface area contributed by atoms with Crippen LogP contribution in [0.15, 0.2) is 42.5 Å². The van der Waals surface area contributed by atoms with E-state index in [-0.39, 0.29) is 0 Å². The lowest BCUT2D eigenvalue weighted by Crippen LogP contribution is -1.47. The van der Waals surface area contributed by atoms with E-state index in [1.54, 1.807) is 6.08 Å². The van der Waals surface area contributed by atoms with Gasteiger partial charge in [-0.1, -0.05) is 24.3 Å². The summed E-state index contributed by atoms with van der Waals surface area (Å²) in [6.45, 7) is 7.05. The molecule has 0 aliphatic carbocycles. The molecule has 0 unspecified atom stereocenters. The average molecular weight is 119 g/mol. The summed E-state index contributed by atoms with van der Waals surface area (Å²) in [7, 11) is 0. The minimum atomic E-state index is 1.50. The van der Waals surface area contributed by atoms with Gasteiger partial charge >= 0.3 is 0 Å². The second kappa shape index (κ2) is 6.96. The smallest absolute Gasteiger partial charge is 0.0467 e. The van der Waals surface area contributed by atoms with Crippen molar-refractivity contribution < 1.29 is 0 Å². The third-order valence-corrected chi connectivity index (χ3v) is 0.748. The first-order valence-electron chi connectivity index (χ1n) is 2.91. The molecule has 0 aromatic carbocycles. The number of allylic oxidation sites excluding steroid dienone is 7. The SMILES string of the molecule is [CH-]=C/C=C/C=C/C=C/C. The van der Waals surface area contributed by atoms with Crippen molar-refractivity contribution in [3.05, 3.63) is 49.1 Å². The first kappa shape index (κ1) is 7.96. The Labute approximate surface area is 56.9 Å². The van der Waals surface area contributed by atoms with Gasteiger partial charge in [-0.05, 0) is 6.92 Å². The van der Waals surface area contributed by atoms with Gasteiger partial charge in [-0.3, -0.25) is 6.58 Å². The maximum Gasteiger partial charge on any atom is -0.0467 e. The van der Waals surface area contributed by atoms with Gasteiger partial charge in [-0.2, -0.15) is 0 Å². The zero-order chi connectivity index (χ0) is 6.95. The summed E-state index contributed by atoms with van der Waals surface area (Å²) >= 11 is 0. The van der Waals surface area contributed by atoms with E-state index in [4.69, 9.17) is 6.58 Å². The highest BCUT2D eigenvalue weighted by atomic mass is 13.6. The van der Waals surface area contributed by atoms with Gasteiger partial charge in [-0.25, -0.2) is 12.2 Å². The van der Waals surface area contributed by atoms with Crippen LogP contribution < -0.4 is 0 Å². The molecule has 0 aliphatic rings. The normalized spacial score (nSPS) is 12.1. The van der Waals surface area contributed by atoms with Crippen LogP contribution in [0.1, 0.15) is 6.92 Å². The Morgan fingerprint density at radius 3 is 2.00 bits per heavy atom. The van der Waals surface area contributed by atoms with Gasteiger partial charge in [0.15, 0.2) is 0 Å². The lowest BCUT2D eigenvalue weighted by molar-refractivity contribution is 1.73. The molecule has 0 bridgehead atoms. The van der Waals surface area contributed by atoms with Crippen LogP contribution in [0, 0.1) is 6.58 Å². The van der Waals surface area contributed by atoms with E-state index >= 15 is 0 Å². The Bertz CT molecular complexity index is 136. The Morgan fingerprint density at radius 2 is 1.44 bits per heavy atom. The van der Waals surface area contributed by atoms with E-state index in [2.05, 4.69) is 0 Å². The van der Waals surface area contributed by atoms with Crippen molar-refractivity contribution in [1.82, 2.24) is 0 Å². The van der Waals surface area contributed by atoms with E-state index in [1.165, 1.54) is 6.08 Å². The first-order valence-corrected chi connectivity index (χ1v) is 2.91. The molecule has 0 spiro atoms. The molecule has 9 heavy (non-hydrogen) atoms. The van der Waals surface area contributed by atoms with Crippen LogP contribution in [0.3, 0.4) is 0 Å². The summed E-state index contributed by atoms with van der Waals surface area (Å²) in [6, 6.07) is 0. The van der Waals surface area contributed by atoms with Crippen LogP contribution in [-0.4, -0.2) is 0 Å². The Balaban J connectivity index is 3.46. The summed E-state index contributed by atoms with van der Waals surface area (Å²) in [4.78, 5) is 0. The van der Waals surface area contributed by atoms with Crippen molar-refractivity contribution in [2.24, 2.45) is 0 Å². The van der Waals surface area contributed by atoms with Crippen LogP contribution in [0.4, 0.5) is 0 Å². The standard InChI is InChI=1S/C9H11/c1-3-5-7-9-8-6-4-2/h1,3-9H,2H3/q-1/b6-4+,7-5+,9-8+. The van der Waals surface area contributed by atoms with Crippen molar-refractivity contribution in [2.45, 2.75) is 6.92 Å². The van der Waals surface area contributed by atoms with E-state index in [0.717, 1.165) is 0 Å². The molecule has 0 heteroatoms. The molecule has 0 heterocycles. The summed E-state index contributed by atoms with van der Waals surface area (Å²) in [5.74, 6) is 0. The Morgan fingerprint density at radius 1 is 0.889 bits per heavy atom. The predicted molar refractivity (Wildman–Crippen MR) is 42.0 cm³/mol. The van der Waals surface area contributed by atoms with Crippen molar-refractivity contribution >= 4 is 0 Å². The second-order valence-electron chi connectivity index (χ2n) is 1.49. The fourth-order valence-corrected chi connectivity index (χ4v) is 0.368. The third-order valence-electron chi connectivity index (χ3n) is 0.748. The van der Waals surface area contributed by atoms with Gasteiger partial charge < -0.3 is 0 Å². The lowest BCUT2D eigenvalue weighted by atomic mass is 10.4. The van der Waals surface area contributed by atoms with Crippen LogP contribution >= 0.6 is 0 Å². The van der Waals surface area contributed by atoms with Gasteiger partial charge in [0.1, 0.15) is 0 Å². The number of rotatable bonds is 3. The average Bonchev–Trinajstić information content (AvgIpc) is 1.89. The molecule has 0 aliphatic heterocycles. The lowest BCUT2D eigenvalue weighted by Gasteiger charge is -1.76. The van der Waals surface area contributed by atoms with Crippen molar-refractivity contribution in [2.75, 3.05) is 0 Å². The molecule has 0 aromatic rings. The first-order chi connectivity index (χ1) is 4.41. The summed E-state index contributed by atoms with van der Waals surface area (Å²) in [5.41, 5.74) is 0. The van der Waals surface area contributed by atoms with Crippen molar-refractivity contribution in [1.29, 1.82) is 0 Å². The molecule has 0 saturated heterocycles. The molecular formula is C9H11-. The maximum atomic E-state index is 5.08. The predicted octanol–water partition coefficient (Wildman–Crippen LogP) is 2.66. The molecule has 0 fully saturated rings. The van der Waals surface area contributed by atoms with Crippen LogP contribution in [-0.2, 0) is 0 Å². The molecular weight excluding hydrogens is 108 g/mol. The molecule has 0 rings (SSSR count). The zero-order valence-electron chi connectivity index (χ0n) is 5.62. The van der Waals surface area contributed by atoms with Crippen LogP contribution in [0.25, 0.3) is 0 Å². The van der Waals surface area contributed by atoms with Crippen LogP contribution in [0.2, 0.25) is 0 Å². The Hall–Kier alpha value is -1.04.